The zero-order valence-electron chi connectivity index (χ0n) is 7.60. The molecule has 0 fully saturated rings. The molecule has 0 N–H and O–H groups in total. The molecule has 0 radical (unpaired) electrons. The maximum atomic E-state index is 11.3. The van der Waals surface area contributed by atoms with Crippen molar-refractivity contribution in [2.75, 3.05) is 7.11 Å². The molecule has 1 aromatic carbocycles. The fourth-order valence-corrected chi connectivity index (χ4v) is 1.28. The SMILES string of the molecule is COC(=O)c1nncc2ccccc12. The molecule has 1 heterocycles. The van der Waals surface area contributed by atoms with Gasteiger partial charge in [0.05, 0.1) is 13.3 Å². The first-order valence-corrected chi connectivity index (χ1v) is 4.11. The molecule has 0 aliphatic carbocycles. The largest absolute Gasteiger partial charge is 0.464 e. The highest BCUT2D eigenvalue weighted by Gasteiger charge is 2.11. The van der Waals surface area contributed by atoms with Crippen LogP contribution in [-0.4, -0.2) is 23.3 Å². The van der Waals surface area contributed by atoms with Crippen molar-refractivity contribution in [2.24, 2.45) is 0 Å². The van der Waals surface area contributed by atoms with E-state index in [1.165, 1.54) is 7.11 Å². The quantitative estimate of drug-likeness (QED) is 0.635. The van der Waals surface area contributed by atoms with Crippen molar-refractivity contribution in [1.82, 2.24) is 10.2 Å². The summed E-state index contributed by atoms with van der Waals surface area (Å²) in [5, 5.41) is 9.12. The zero-order chi connectivity index (χ0) is 9.97. The third-order valence-corrected chi connectivity index (χ3v) is 1.95. The summed E-state index contributed by atoms with van der Waals surface area (Å²) in [4.78, 5) is 11.3. The Morgan fingerprint density at radius 1 is 1.36 bits per heavy atom. The number of aromatic nitrogens is 2. The minimum absolute atomic E-state index is 0.255. The van der Waals surface area contributed by atoms with Gasteiger partial charge in [0.1, 0.15) is 0 Å². The lowest BCUT2D eigenvalue weighted by atomic mass is 10.1. The molecule has 0 spiro atoms. The Balaban J connectivity index is 2.71. The summed E-state index contributed by atoms with van der Waals surface area (Å²) in [6, 6.07) is 7.41. The second-order valence-electron chi connectivity index (χ2n) is 2.77. The molecule has 14 heavy (non-hydrogen) atoms. The van der Waals surface area contributed by atoms with Gasteiger partial charge in [-0.15, -0.1) is 5.10 Å². The fraction of sp³-hybridized carbons (Fsp3) is 0.100. The maximum Gasteiger partial charge on any atom is 0.359 e. The van der Waals surface area contributed by atoms with Crippen LogP contribution in [0.15, 0.2) is 30.5 Å². The van der Waals surface area contributed by atoms with E-state index in [1.807, 2.05) is 24.3 Å². The van der Waals surface area contributed by atoms with E-state index in [9.17, 15) is 4.79 Å². The van der Waals surface area contributed by atoms with Crippen molar-refractivity contribution in [1.29, 1.82) is 0 Å². The van der Waals surface area contributed by atoms with Gasteiger partial charge in [-0.1, -0.05) is 24.3 Å². The molecule has 1 aromatic heterocycles. The first kappa shape index (κ1) is 8.62. The summed E-state index contributed by atoms with van der Waals surface area (Å²) in [6.45, 7) is 0. The van der Waals surface area contributed by atoms with E-state index in [0.29, 0.717) is 0 Å². The molecule has 4 heteroatoms. The average molecular weight is 188 g/mol. The summed E-state index contributed by atoms with van der Waals surface area (Å²) in [6.07, 6.45) is 1.61. The number of carbonyl (C=O) groups is 1. The Labute approximate surface area is 80.5 Å². The summed E-state index contributed by atoms with van der Waals surface area (Å²) in [5.74, 6) is -0.464. The van der Waals surface area contributed by atoms with Crippen LogP contribution in [0, 0.1) is 0 Å². The minimum Gasteiger partial charge on any atom is -0.464 e. The Bertz CT molecular complexity index is 477. The molecule has 4 nitrogen and oxygen atoms in total. The first-order chi connectivity index (χ1) is 6.83. The summed E-state index contributed by atoms with van der Waals surface area (Å²) < 4.78 is 4.60. The molecule has 0 aliphatic heterocycles. The maximum absolute atomic E-state index is 11.3. The summed E-state index contributed by atoms with van der Waals surface area (Å²) >= 11 is 0. The van der Waals surface area contributed by atoms with Gasteiger partial charge in [-0.05, 0) is 0 Å². The van der Waals surface area contributed by atoms with Gasteiger partial charge in [-0.2, -0.15) is 5.10 Å². The number of rotatable bonds is 1. The highest BCUT2D eigenvalue weighted by Crippen LogP contribution is 2.15. The Hall–Kier alpha value is -1.97. The van der Waals surface area contributed by atoms with E-state index in [4.69, 9.17) is 0 Å². The molecule has 2 rings (SSSR count). The van der Waals surface area contributed by atoms with Crippen LogP contribution in [0.2, 0.25) is 0 Å². The van der Waals surface area contributed by atoms with Crippen LogP contribution in [-0.2, 0) is 4.74 Å². The van der Waals surface area contributed by atoms with Gasteiger partial charge in [0.25, 0.3) is 0 Å². The number of hydrogen-bond donors (Lipinski definition) is 0. The van der Waals surface area contributed by atoms with Crippen molar-refractivity contribution in [3.63, 3.8) is 0 Å². The van der Waals surface area contributed by atoms with Crippen LogP contribution in [0.5, 0.6) is 0 Å². The summed E-state index contributed by atoms with van der Waals surface area (Å²) in [5.41, 5.74) is 0.255. The van der Waals surface area contributed by atoms with Gasteiger partial charge in [0, 0.05) is 10.8 Å². The van der Waals surface area contributed by atoms with Crippen LogP contribution >= 0.6 is 0 Å². The van der Waals surface area contributed by atoms with Gasteiger partial charge in [-0.3, -0.25) is 0 Å². The van der Waals surface area contributed by atoms with E-state index >= 15 is 0 Å². The molecule has 2 aromatic rings. The third-order valence-electron chi connectivity index (χ3n) is 1.95. The minimum atomic E-state index is -0.464. The number of methoxy groups -OCH3 is 1. The lowest BCUT2D eigenvalue weighted by molar-refractivity contribution is 0.0595. The molecule has 0 saturated carbocycles. The molecular weight excluding hydrogens is 180 g/mol. The molecular formula is C10H8N2O2. The number of nitrogens with zero attached hydrogens (tertiary/aromatic N) is 2. The number of esters is 1. The smallest absolute Gasteiger partial charge is 0.359 e. The van der Waals surface area contributed by atoms with E-state index < -0.39 is 5.97 Å². The van der Waals surface area contributed by atoms with Crippen LogP contribution in [0.3, 0.4) is 0 Å². The van der Waals surface area contributed by atoms with Crippen LogP contribution in [0.4, 0.5) is 0 Å². The van der Waals surface area contributed by atoms with E-state index in [-0.39, 0.29) is 5.69 Å². The second-order valence-corrected chi connectivity index (χ2v) is 2.77. The van der Waals surface area contributed by atoms with E-state index in [2.05, 4.69) is 14.9 Å². The van der Waals surface area contributed by atoms with Gasteiger partial charge in [0.15, 0.2) is 5.69 Å². The lowest BCUT2D eigenvalue weighted by Gasteiger charge is -2.01. The molecule has 0 bridgehead atoms. The van der Waals surface area contributed by atoms with Crippen LogP contribution in [0.25, 0.3) is 10.8 Å². The molecule has 0 atom stereocenters. The fourth-order valence-electron chi connectivity index (χ4n) is 1.28. The van der Waals surface area contributed by atoms with Crippen molar-refractivity contribution in [3.05, 3.63) is 36.2 Å². The number of carbonyl (C=O) groups excluding carboxylic acids is 1. The van der Waals surface area contributed by atoms with Crippen molar-refractivity contribution in [2.45, 2.75) is 0 Å². The highest BCUT2D eigenvalue weighted by atomic mass is 16.5. The monoisotopic (exact) mass is 188 g/mol. The Kier molecular flexibility index (Phi) is 2.10. The zero-order valence-corrected chi connectivity index (χ0v) is 7.60. The highest BCUT2D eigenvalue weighted by molar-refractivity contribution is 6.01. The topological polar surface area (TPSA) is 52.1 Å². The predicted octanol–water partition coefficient (Wildman–Crippen LogP) is 1.42. The standard InChI is InChI=1S/C10H8N2O2/c1-14-10(13)9-8-5-3-2-4-7(8)6-11-12-9/h2-6H,1H3. The first-order valence-electron chi connectivity index (χ1n) is 4.11. The van der Waals surface area contributed by atoms with Crippen LogP contribution < -0.4 is 0 Å². The van der Waals surface area contributed by atoms with Crippen molar-refractivity contribution >= 4 is 16.7 Å². The van der Waals surface area contributed by atoms with Crippen molar-refractivity contribution in [3.8, 4) is 0 Å². The normalized spacial score (nSPS) is 10.1. The number of benzene rings is 1. The van der Waals surface area contributed by atoms with Crippen molar-refractivity contribution < 1.29 is 9.53 Å². The Morgan fingerprint density at radius 2 is 2.14 bits per heavy atom. The molecule has 70 valence electrons. The van der Waals surface area contributed by atoms with Gasteiger partial charge >= 0.3 is 5.97 Å². The lowest BCUT2D eigenvalue weighted by Crippen LogP contribution is -2.06. The average Bonchev–Trinajstić information content (AvgIpc) is 2.27. The number of hydrogen-bond acceptors (Lipinski definition) is 4. The molecule has 0 amide bonds. The number of ether oxygens (including phenoxy) is 1. The number of fused-ring (bicyclic) bond motifs is 1. The second kappa shape index (κ2) is 3.41. The molecule has 0 saturated heterocycles. The van der Waals surface area contributed by atoms with Gasteiger partial charge in [0.2, 0.25) is 0 Å². The third kappa shape index (κ3) is 1.31. The molecule has 0 aliphatic rings. The van der Waals surface area contributed by atoms with Gasteiger partial charge in [-0.25, -0.2) is 4.79 Å². The molecule has 0 unspecified atom stereocenters. The van der Waals surface area contributed by atoms with E-state index in [0.717, 1.165) is 10.8 Å². The predicted molar refractivity (Wildman–Crippen MR) is 50.9 cm³/mol. The van der Waals surface area contributed by atoms with Crippen LogP contribution in [0.1, 0.15) is 10.5 Å². The van der Waals surface area contributed by atoms with Gasteiger partial charge < -0.3 is 4.74 Å². The van der Waals surface area contributed by atoms with E-state index in [1.54, 1.807) is 6.20 Å². The summed E-state index contributed by atoms with van der Waals surface area (Å²) in [7, 11) is 1.33. The Morgan fingerprint density at radius 3 is 2.93 bits per heavy atom.